The van der Waals surface area contributed by atoms with E-state index in [4.69, 9.17) is 4.74 Å². The number of rotatable bonds is 3. The second-order valence-corrected chi connectivity index (χ2v) is 5.32. The molecule has 1 aromatic rings. The summed E-state index contributed by atoms with van der Waals surface area (Å²) in [6, 6.07) is 6.08. The Bertz CT molecular complexity index is 436. The molecule has 0 saturated heterocycles. The van der Waals surface area contributed by atoms with Crippen molar-refractivity contribution in [2.24, 2.45) is 0 Å². The lowest BCUT2D eigenvalue weighted by molar-refractivity contribution is -0.118. The predicted octanol–water partition coefficient (Wildman–Crippen LogP) is 1.74. The molecule has 1 aromatic carbocycles. The van der Waals surface area contributed by atoms with E-state index in [-0.39, 0.29) is 11.9 Å². The number of anilines is 1. The van der Waals surface area contributed by atoms with E-state index >= 15 is 0 Å². The minimum Gasteiger partial charge on any atom is -0.495 e. The van der Waals surface area contributed by atoms with Gasteiger partial charge >= 0.3 is 0 Å². The van der Waals surface area contributed by atoms with Crippen molar-refractivity contribution in [1.29, 1.82) is 0 Å². The Morgan fingerprint density at radius 1 is 1.61 bits per heavy atom. The maximum atomic E-state index is 12.2. The Labute approximate surface area is 112 Å². The summed E-state index contributed by atoms with van der Waals surface area (Å²) in [5, 5.41) is 2.91. The zero-order chi connectivity index (χ0) is 13.1. The highest BCUT2D eigenvalue weighted by atomic mass is 32.2. The molecule has 1 atom stereocenters. The highest BCUT2D eigenvalue weighted by molar-refractivity contribution is 7.99. The third-order valence-corrected chi connectivity index (χ3v) is 4.23. The van der Waals surface area contributed by atoms with Crippen LogP contribution in [0.5, 0.6) is 5.75 Å². The molecule has 98 valence electrons. The average Bonchev–Trinajstić information content (AvgIpc) is 2.38. The second kappa shape index (κ2) is 5.63. The van der Waals surface area contributed by atoms with Crippen LogP contribution >= 0.6 is 11.8 Å². The van der Waals surface area contributed by atoms with Gasteiger partial charge in [0.2, 0.25) is 5.91 Å². The molecule has 1 unspecified atom stereocenters. The number of fused-ring (bicyclic) bond motifs is 1. The SMILES string of the molecule is CNCC(=O)N1c2c(OC)cccc2SCC1C. The number of thioether (sulfide) groups is 1. The van der Waals surface area contributed by atoms with Gasteiger partial charge in [0.1, 0.15) is 11.4 Å². The van der Waals surface area contributed by atoms with Gasteiger partial charge in [0.05, 0.1) is 13.7 Å². The van der Waals surface area contributed by atoms with Crippen LogP contribution in [-0.2, 0) is 4.79 Å². The standard InChI is InChI=1S/C13H18N2O2S/c1-9-8-18-11-6-4-5-10(17-3)13(11)15(9)12(16)7-14-2/h4-6,9,14H,7-8H2,1-3H3. The Kier molecular flexibility index (Phi) is 4.14. The Morgan fingerprint density at radius 2 is 2.39 bits per heavy atom. The summed E-state index contributed by atoms with van der Waals surface area (Å²) in [5.74, 6) is 1.75. The average molecular weight is 266 g/mol. The van der Waals surface area contributed by atoms with Crippen molar-refractivity contribution in [2.75, 3.05) is 31.4 Å². The number of methoxy groups -OCH3 is 1. The number of carbonyl (C=O) groups is 1. The first-order chi connectivity index (χ1) is 8.69. The summed E-state index contributed by atoms with van der Waals surface area (Å²) in [7, 11) is 3.42. The minimum atomic E-state index is 0.0797. The van der Waals surface area contributed by atoms with E-state index in [1.807, 2.05) is 23.1 Å². The molecule has 5 heteroatoms. The number of hydrogen-bond acceptors (Lipinski definition) is 4. The Balaban J connectivity index is 2.45. The van der Waals surface area contributed by atoms with Crippen LogP contribution in [0.4, 0.5) is 5.69 Å². The minimum absolute atomic E-state index is 0.0797. The van der Waals surface area contributed by atoms with Crippen molar-refractivity contribution >= 4 is 23.4 Å². The van der Waals surface area contributed by atoms with Crippen molar-refractivity contribution < 1.29 is 9.53 Å². The van der Waals surface area contributed by atoms with Crippen molar-refractivity contribution in [3.8, 4) is 5.75 Å². The Hall–Kier alpha value is -1.20. The van der Waals surface area contributed by atoms with Gasteiger partial charge in [-0.3, -0.25) is 4.79 Å². The van der Waals surface area contributed by atoms with Crippen LogP contribution in [-0.4, -0.2) is 38.4 Å². The number of para-hydroxylation sites is 1. The first-order valence-electron chi connectivity index (χ1n) is 5.95. The van der Waals surface area contributed by atoms with Crippen molar-refractivity contribution in [3.05, 3.63) is 18.2 Å². The molecule has 2 rings (SSSR count). The zero-order valence-electron chi connectivity index (χ0n) is 10.9. The molecule has 1 aliphatic heterocycles. The summed E-state index contributed by atoms with van der Waals surface area (Å²) in [6.07, 6.45) is 0. The lowest BCUT2D eigenvalue weighted by atomic mass is 10.2. The molecule has 0 radical (unpaired) electrons. The lowest BCUT2D eigenvalue weighted by Crippen LogP contribution is -2.46. The smallest absolute Gasteiger partial charge is 0.241 e. The van der Waals surface area contributed by atoms with E-state index in [1.165, 1.54) is 0 Å². The van der Waals surface area contributed by atoms with Gasteiger partial charge in [-0.1, -0.05) is 6.07 Å². The van der Waals surface area contributed by atoms with E-state index in [9.17, 15) is 4.79 Å². The fourth-order valence-corrected chi connectivity index (χ4v) is 3.21. The van der Waals surface area contributed by atoms with Crippen LogP contribution in [0, 0.1) is 0 Å². The van der Waals surface area contributed by atoms with Gasteiger partial charge in [-0.15, -0.1) is 11.8 Å². The molecule has 1 N–H and O–H groups in total. The fraction of sp³-hybridized carbons (Fsp3) is 0.462. The number of carbonyl (C=O) groups excluding carboxylic acids is 1. The summed E-state index contributed by atoms with van der Waals surface area (Å²) in [5.41, 5.74) is 0.906. The number of likely N-dealkylation sites (N-methyl/N-ethyl adjacent to an activating group) is 1. The highest BCUT2D eigenvalue weighted by Gasteiger charge is 2.30. The predicted molar refractivity (Wildman–Crippen MR) is 74.6 cm³/mol. The monoisotopic (exact) mass is 266 g/mol. The molecule has 0 spiro atoms. The number of nitrogens with one attached hydrogen (secondary N) is 1. The molecular weight excluding hydrogens is 248 g/mol. The topological polar surface area (TPSA) is 41.6 Å². The fourth-order valence-electron chi connectivity index (χ4n) is 2.13. The van der Waals surface area contributed by atoms with Gasteiger partial charge in [0, 0.05) is 16.7 Å². The molecule has 1 heterocycles. The van der Waals surface area contributed by atoms with Crippen molar-refractivity contribution in [2.45, 2.75) is 17.9 Å². The van der Waals surface area contributed by atoms with E-state index in [1.54, 1.807) is 25.9 Å². The Morgan fingerprint density at radius 3 is 3.06 bits per heavy atom. The summed E-state index contributed by atoms with van der Waals surface area (Å²) >= 11 is 1.77. The normalized spacial score (nSPS) is 18.4. The summed E-state index contributed by atoms with van der Waals surface area (Å²) < 4.78 is 5.39. The zero-order valence-corrected chi connectivity index (χ0v) is 11.7. The molecule has 1 aliphatic rings. The number of amides is 1. The molecule has 0 saturated carbocycles. The van der Waals surface area contributed by atoms with Gasteiger partial charge in [-0.25, -0.2) is 0 Å². The van der Waals surface area contributed by atoms with Gasteiger partial charge in [-0.05, 0) is 26.1 Å². The molecule has 4 nitrogen and oxygen atoms in total. The highest BCUT2D eigenvalue weighted by Crippen LogP contribution is 2.43. The van der Waals surface area contributed by atoms with Crippen LogP contribution in [0.1, 0.15) is 6.92 Å². The van der Waals surface area contributed by atoms with E-state index < -0.39 is 0 Å². The first kappa shape index (κ1) is 13.2. The summed E-state index contributed by atoms with van der Waals surface area (Å²) in [4.78, 5) is 15.2. The van der Waals surface area contributed by atoms with Crippen LogP contribution < -0.4 is 15.0 Å². The van der Waals surface area contributed by atoms with Crippen LogP contribution in [0.3, 0.4) is 0 Å². The molecule has 1 amide bonds. The number of ether oxygens (including phenoxy) is 1. The molecular formula is C13H18N2O2S. The molecule has 0 aliphatic carbocycles. The number of hydrogen-bond donors (Lipinski definition) is 1. The van der Waals surface area contributed by atoms with Gasteiger partial charge in [0.15, 0.2) is 0 Å². The maximum absolute atomic E-state index is 12.2. The van der Waals surface area contributed by atoms with Crippen molar-refractivity contribution in [3.63, 3.8) is 0 Å². The van der Waals surface area contributed by atoms with Crippen molar-refractivity contribution in [1.82, 2.24) is 5.32 Å². The molecule has 0 aromatic heterocycles. The van der Waals surface area contributed by atoms with Gasteiger partial charge < -0.3 is 15.0 Å². The second-order valence-electron chi connectivity index (χ2n) is 4.26. The largest absolute Gasteiger partial charge is 0.495 e. The van der Waals surface area contributed by atoms with E-state index in [0.717, 1.165) is 22.1 Å². The molecule has 0 bridgehead atoms. The number of benzene rings is 1. The van der Waals surface area contributed by atoms with E-state index in [2.05, 4.69) is 12.2 Å². The van der Waals surface area contributed by atoms with Crippen LogP contribution in [0.15, 0.2) is 23.1 Å². The van der Waals surface area contributed by atoms with Crippen LogP contribution in [0.2, 0.25) is 0 Å². The third kappa shape index (κ3) is 2.33. The molecule has 0 fully saturated rings. The first-order valence-corrected chi connectivity index (χ1v) is 6.94. The molecule has 18 heavy (non-hydrogen) atoms. The maximum Gasteiger partial charge on any atom is 0.241 e. The van der Waals surface area contributed by atoms with Gasteiger partial charge in [0.25, 0.3) is 0 Å². The summed E-state index contributed by atoms with van der Waals surface area (Å²) in [6.45, 7) is 2.41. The van der Waals surface area contributed by atoms with Gasteiger partial charge in [-0.2, -0.15) is 0 Å². The quantitative estimate of drug-likeness (QED) is 0.905. The number of nitrogens with zero attached hydrogens (tertiary/aromatic N) is 1. The third-order valence-electron chi connectivity index (χ3n) is 2.94. The lowest BCUT2D eigenvalue weighted by Gasteiger charge is -2.35. The van der Waals surface area contributed by atoms with Crippen LogP contribution in [0.25, 0.3) is 0 Å². The van der Waals surface area contributed by atoms with E-state index in [0.29, 0.717) is 6.54 Å².